The van der Waals surface area contributed by atoms with E-state index in [1.807, 2.05) is 26.8 Å². The highest BCUT2D eigenvalue weighted by Gasteiger charge is 2.13. The van der Waals surface area contributed by atoms with Gasteiger partial charge in [0.1, 0.15) is 18.1 Å². The van der Waals surface area contributed by atoms with Gasteiger partial charge in [0.15, 0.2) is 0 Å². The summed E-state index contributed by atoms with van der Waals surface area (Å²) in [5, 5.41) is 5.59. The minimum atomic E-state index is -0.262. The molecule has 0 aromatic heterocycles. The van der Waals surface area contributed by atoms with E-state index in [0.29, 0.717) is 29.3 Å². The minimum absolute atomic E-state index is 0.173. The predicted octanol–water partition coefficient (Wildman–Crippen LogP) is 5.80. The Bertz CT molecular complexity index is 1170. The van der Waals surface area contributed by atoms with Crippen LogP contribution in [0.5, 0.6) is 11.5 Å². The average molecular weight is 447 g/mol. The monoisotopic (exact) mass is 446 g/mol. The average Bonchev–Trinajstić information content (AvgIpc) is 2.76. The molecule has 0 aliphatic heterocycles. The van der Waals surface area contributed by atoms with Crippen LogP contribution >= 0.6 is 0 Å². The van der Waals surface area contributed by atoms with Crippen molar-refractivity contribution in [1.82, 2.24) is 0 Å². The summed E-state index contributed by atoms with van der Waals surface area (Å²) in [6, 6.07) is 16.5. The fourth-order valence-corrected chi connectivity index (χ4v) is 3.52. The molecule has 0 aliphatic rings. The number of amides is 2. The molecule has 33 heavy (non-hydrogen) atoms. The number of anilines is 2. The molecule has 0 spiro atoms. The highest BCUT2D eigenvalue weighted by molar-refractivity contribution is 6.05. The van der Waals surface area contributed by atoms with Gasteiger partial charge in [-0.3, -0.25) is 9.59 Å². The highest BCUT2D eigenvalue weighted by Crippen LogP contribution is 2.27. The lowest BCUT2D eigenvalue weighted by Gasteiger charge is -2.16. The number of ether oxygens (including phenoxy) is 2. The van der Waals surface area contributed by atoms with Crippen molar-refractivity contribution in [2.24, 2.45) is 0 Å². The zero-order chi connectivity index (χ0) is 24.0. The first-order valence-corrected chi connectivity index (χ1v) is 10.9. The molecular formula is C27H30N2O4. The first-order valence-electron chi connectivity index (χ1n) is 10.9. The molecule has 0 unspecified atom stereocenters. The fourth-order valence-electron chi connectivity index (χ4n) is 3.52. The Balaban J connectivity index is 1.81. The highest BCUT2D eigenvalue weighted by atomic mass is 16.5. The van der Waals surface area contributed by atoms with Gasteiger partial charge in [-0.2, -0.15) is 0 Å². The molecule has 172 valence electrons. The summed E-state index contributed by atoms with van der Waals surface area (Å²) in [4.78, 5) is 24.2. The van der Waals surface area contributed by atoms with E-state index in [0.717, 1.165) is 22.4 Å². The van der Waals surface area contributed by atoms with Gasteiger partial charge in [-0.25, -0.2) is 0 Å². The Morgan fingerprint density at radius 1 is 0.848 bits per heavy atom. The fraction of sp³-hybridized carbons (Fsp3) is 0.259. The molecule has 2 N–H and O–H groups in total. The molecule has 0 heterocycles. The maximum absolute atomic E-state index is 12.9. The van der Waals surface area contributed by atoms with E-state index in [2.05, 4.69) is 23.6 Å². The molecule has 0 atom stereocenters. The van der Waals surface area contributed by atoms with Crippen LogP contribution in [0.15, 0.2) is 54.6 Å². The van der Waals surface area contributed by atoms with Gasteiger partial charge in [-0.15, -0.1) is 0 Å². The van der Waals surface area contributed by atoms with Crippen LogP contribution < -0.4 is 20.1 Å². The quantitative estimate of drug-likeness (QED) is 0.458. The first-order chi connectivity index (χ1) is 15.8. The zero-order valence-electron chi connectivity index (χ0n) is 19.7. The molecule has 2 amide bonds. The summed E-state index contributed by atoms with van der Waals surface area (Å²) in [5.74, 6) is 1.07. The van der Waals surface area contributed by atoms with Crippen molar-refractivity contribution in [2.45, 2.75) is 41.2 Å². The number of aryl methyl sites for hydroxylation is 2. The van der Waals surface area contributed by atoms with Crippen LogP contribution in [-0.2, 0) is 11.4 Å². The van der Waals surface area contributed by atoms with Gasteiger partial charge in [0, 0.05) is 29.4 Å². The van der Waals surface area contributed by atoms with Gasteiger partial charge in [0.05, 0.1) is 6.61 Å². The van der Waals surface area contributed by atoms with Gasteiger partial charge in [-0.1, -0.05) is 12.1 Å². The van der Waals surface area contributed by atoms with Crippen LogP contribution in [0.4, 0.5) is 11.4 Å². The Morgan fingerprint density at radius 3 is 2.27 bits per heavy atom. The predicted molar refractivity (Wildman–Crippen MR) is 131 cm³/mol. The van der Waals surface area contributed by atoms with E-state index < -0.39 is 0 Å². The maximum Gasteiger partial charge on any atom is 0.255 e. The first kappa shape index (κ1) is 23.9. The number of hydrogen-bond donors (Lipinski definition) is 2. The largest absolute Gasteiger partial charge is 0.493 e. The SMILES string of the molecule is CCOc1ccc(C(=O)Nc2cccc(NC(C)=O)c2)cc1COc1cc(C)cc(C)c1C. The standard InChI is InChI=1S/C27H30N2O4/c1-6-32-25-11-10-21(27(31)29-24-9-7-8-23(15-24)28-20(5)30)14-22(25)16-33-26-13-17(2)12-18(3)19(26)4/h7-15H,6,16H2,1-5H3,(H,28,30)(H,29,31). The topological polar surface area (TPSA) is 76.7 Å². The van der Waals surface area contributed by atoms with Gasteiger partial charge in [-0.05, 0) is 86.8 Å². The summed E-state index contributed by atoms with van der Waals surface area (Å²) < 4.78 is 11.9. The van der Waals surface area contributed by atoms with E-state index in [1.165, 1.54) is 12.5 Å². The molecule has 6 nitrogen and oxygen atoms in total. The van der Waals surface area contributed by atoms with Crippen LogP contribution in [0.1, 0.15) is 46.5 Å². The van der Waals surface area contributed by atoms with E-state index >= 15 is 0 Å². The van der Waals surface area contributed by atoms with Crippen molar-refractivity contribution in [3.8, 4) is 11.5 Å². The smallest absolute Gasteiger partial charge is 0.255 e. The van der Waals surface area contributed by atoms with Crippen molar-refractivity contribution >= 4 is 23.2 Å². The van der Waals surface area contributed by atoms with E-state index in [4.69, 9.17) is 9.47 Å². The van der Waals surface area contributed by atoms with Crippen molar-refractivity contribution in [2.75, 3.05) is 17.2 Å². The molecule has 0 saturated heterocycles. The van der Waals surface area contributed by atoms with Crippen LogP contribution in [0.2, 0.25) is 0 Å². The lowest BCUT2D eigenvalue weighted by molar-refractivity contribution is -0.114. The zero-order valence-corrected chi connectivity index (χ0v) is 19.7. The molecule has 0 aliphatic carbocycles. The van der Waals surface area contributed by atoms with Crippen molar-refractivity contribution < 1.29 is 19.1 Å². The molecule has 3 aromatic carbocycles. The second-order valence-corrected chi connectivity index (χ2v) is 7.97. The van der Waals surface area contributed by atoms with E-state index in [-0.39, 0.29) is 18.4 Å². The molecule has 0 bridgehead atoms. The number of rotatable bonds is 8. The second-order valence-electron chi connectivity index (χ2n) is 7.97. The number of carbonyl (C=O) groups excluding carboxylic acids is 2. The molecule has 0 fully saturated rings. The molecule has 6 heteroatoms. The molecule has 0 saturated carbocycles. The Hall–Kier alpha value is -3.80. The molecule has 3 rings (SSSR count). The molecule has 0 radical (unpaired) electrons. The summed E-state index contributed by atoms with van der Waals surface area (Å²) in [6.07, 6.45) is 0. The van der Waals surface area contributed by atoms with Crippen LogP contribution in [-0.4, -0.2) is 18.4 Å². The number of hydrogen-bond acceptors (Lipinski definition) is 4. The summed E-state index contributed by atoms with van der Waals surface area (Å²) in [5.41, 5.74) is 5.87. The molecule has 3 aromatic rings. The van der Waals surface area contributed by atoms with Crippen molar-refractivity contribution in [1.29, 1.82) is 0 Å². The van der Waals surface area contributed by atoms with Gasteiger partial charge < -0.3 is 20.1 Å². The van der Waals surface area contributed by atoms with Crippen molar-refractivity contribution in [3.05, 3.63) is 82.4 Å². The lowest BCUT2D eigenvalue weighted by Crippen LogP contribution is -2.13. The Kier molecular flexibility index (Phi) is 7.72. The minimum Gasteiger partial charge on any atom is -0.493 e. The third kappa shape index (κ3) is 6.35. The van der Waals surface area contributed by atoms with Crippen LogP contribution in [0.3, 0.4) is 0 Å². The summed E-state index contributed by atoms with van der Waals surface area (Å²) in [6.45, 7) is 10.3. The normalized spacial score (nSPS) is 10.5. The van der Waals surface area contributed by atoms with Crippen molar-refractivity contribution in [3.63, 3.8) is 0 Å². The lowest BCUT2D eigenvalue weighted by atomic mass is 10.1. The summed E-state index contributed by atoms with van der Waals surface area (Å²) in [7, 11) is 0. The van der Waals surface area contributed by atoms with Crippen LogP contribution in [0.25, 0.3) is 0 Å². The molecular weight excluding hydrogens is 416 g/mol. The Morgan fingerprint density at radius 2 is 1.58 bits per heavy atom. The van der Waals surface area contributed by atoms with E-state index in [1.54, 1.807) is 42.5 Å². The Labute approximate surface area is 194 Å². The number of carbonyl (C=O) groups is 2. The third-order valence-corrected chi connectivity index (χ3v) is 5.21. The van der Waals surface area contributed by atoms with Crippen LogP contribution in [0, 0.1) is 20.8 Å². The third-order valence-electron chi connectivity index (χ3n) is 5.21. The summed E-state index contributed by atoms with van der Waals surface area (Å²) >= 11 is 0. The maximum atomic E-state index is 12.9. The van der Waals surface area contributed by atoms with Gasteiger partial charge >= 0.3 is 0 Å². The number of benzene rings is 3. The van der Waals surface area contributed by atoms with E-state index in [9.17, 15) is 9.59 Å². The number of nitrogens with one attached hydrogen (secondary N) is 2. The van der Waals surface area contributed by atoms with Gasteiger partial charge in [0.2, 0.25) is 5.91 Å². The van der Waals surface area contributed by atoms with Gasteiger partial charge in [0.25, 0.3) is 5.91 Å². The second kappa shape index (κ2) is 10.7.